The van der Waals surface area contributed by atoms with Gasteiger partial charge in [0.05, 0.1) is 7.11 Å². The van der Waals surface area contributed by atoms with Crippen molar-refractivity contribution in [2.45, 2.75) is 18.2 Å². The Morgan fingerprint density at radius 2 is 2.21 bits per heavy atom. The largest absolute Gasteiger partial charge is 0.496 e. The van der Waals surface area contributed by atoms with Crippen LogP contribution in [0.25, 0.3) is 0 Å². The predicted molar refractivity (Wildman–Crippen MR) is 59.2 cm³/mol. The first-order chi connectivity index (χ1) is 6.67. The molecule has 0 spiro atoms. The van der Waals surface area contributed by atoms with Crippen LogP contribution in [0.15, 0.2) is 23.1 Å². The molecule has 0 saturated heterocycles. The molecule has 0 fully saturated rings. The number of hydrogen-bond acceptors (Lipinski definition) is 3. The number of ketones is 1. The molecule has 0 aromatic heterocycles. The molecular formula is C11H14O2S. The van der Waals surface area contributed by atoms with Crippen molar-refractivity contribution in [3.63, 3.8) is 0 Å². The molecule has 0 N–H and O–H groups in total. The van der Waals surface area contributed by atoms with Gasteiger partial charge < -0.3 is 4.74 Å². The van der Waals surface area contributed by atoms with Crippen molar-refractivity contribution < 1.29 is 9.53 Å². The number of carbonyl (C=O) groups excluding carboxylic acids is 1. The van der Waals surface area contributed by atoms with Crippen molar-refractivity contribution >= 4 is 17.5 Å². The highest BCUT2D eigenvalue weighted by atomic mass is 32.2. The SMILES string of the molecule is COc1cc(CC(C)=O)ccc1SC. The first-order valence-electron chi connectivity index (χ1n) is 4.37. The van der Waals surface area contributed by atoms with Crippen LogP contribution in [0.4, 0.5) is 0 Å². The maximum absolute atomic E-state index is 10.9. The van der Waals surface area contributed by atoms with Crippen LogP contribution < -0.4 is 4.74 Å². The Morgan fingerprint density at radius 3 is 2.71 bits per heavy atom. The summed E-state index contributed by atoms with van der Waals surface area (Å²) >= 11 is 1.64. The fraction of sp³-hybridized carbons (Fsp3) is 0.364. The predicted octanol–water partition coefficient (Wildman–Crippen LogP) is 2.55. The average molecular weight is 210 g/mol. The maximum Gasteiger partial charge on any atom is 0.134 e. The molecule has 0 radical (unpaired) electrons. The molecular weight excluding hydrogens is 196 g/mol. The Bertz CT molecular complexity index is 334. The molecule has 0 aliphatic rings. The highest BCUT2D eigenvalue weighted by Gasteiger charge is 2.04. The van der Waals surface area contributed by atoms with E-state index in [1.807, 2.05) is 24.5 Å². The van der Waals surface area contributed by atoms with E-state index < -0.39 is 0 Å². The van der Waals surface area contributed by atoms with E-state index in [4.69, 9.17) is 4.74 Å². The first kappa shape index (κ1) is 11.1. The molecule has 0 saturated carbocycles. The summed E-state index contributed by atoms with van der Waals surface area (Å²) in [5.74, 6) is 1.01. The lowest BCUT2D eigenvalue weighted by Gasteiger charge is -2.07. The Morgan fingerprint density at radius 1 is 1.50 bits per heavy atom. The Balaban J connectivity index is 2.95. The number of methoxy groups -OCH3 is 1. The van der Waals surface area contributed by atoms with Crippen molar-refractivity contribution in [2.24, 2.45) is 0 Å². The van der Waals surface area contributed by atoms with E-state index in [0.29, 0.717) is 6.42 Å². The molecule has 0 aliphatic heterocycles. The van der Waals surface area contributed by atoms with Crippen LogP contribution in [0.5, 0.6) is 5.75 Å². The molecule has 1 aromatic rings. The third kappa shape index (κ3) is 2.77. The summed E-state index contributed by atoms with van der Waals surface area (Å²) in [5, 5.41) is 0. The summed E-state index contributed by atoms with van der Waals surface area (Å²) in [6.45, 7) is 1.59. The number of carbonyl (C=O) groups is 1. The minimum Gasteiger partial charge on any atom is -0.496 e. The lowest BCUT2D eigenvalue weighted by atomic mass is 10.1. The molecule has 3 heteroatoms. The van der Waals surface area contributed by atoms with Crippen LogP contribution in [0, 0.1) is 0 Å². The van der Waals surface area contributed by atoms with Gasteiger partial charge in [-0.15, -0.1) is 11.8 Å². The van der Waals surface area contributed by atoms with E-state index in [9.17, 15) is 4.79 Å². The van der Waals surface area contributed by atoms with E-state index in [0.717, 1.165) is 16.2 Å². The second-order valence-electron chi connectivity index (χ2n) is 3.07. The van der Waals surface area contributed by atoms with E-state index in [1.165, 1.54) is 0 Å². The quantitative estimate of drug-likeness (QED) is 0.714. The smallest absolute Gasteiger partial charge is 0.134 e. The molecule has 0 aliphatic carbocycles. The first-order valence-corrected chi connectivity index (χ1v) is 5.60. The number of ether oxygens (including phenoxy) is 1. The van der Waals surface area contributed by atoms with Crippen molar-refractivity contribution in [2.75, 3.05) is 13.4 Å². The maximum atomic E-state index is 10.9. The van der Waals surface area contributed by atoms with Crippen molar-refractivity contribution in [3.8, 4) is 5.75 Å². The van der Waals surface area contributed by atoms with Gasteiger partial charge in [0, 0.05) is 11.3 Å². The zero-order chi connectivity index (χ0) is 10.6. The molecule has 0 bridgehead atoms. The number of benzene rings is 1. The highest BCUT2D eigenvalue weighted by Crippen LogP contribution is 2.28. The van der Waals surface area contributed by atoms with Crippen LogP contribution in [0.2, 0.25) is 0 Å². The van der Waals surface area contributed by atoms with Crippen molar-refractivity contribution in [1.82, 2.24) is 0 Å². The summed E-state index contributed by atoms with van der Waals surface area (Å²) in [5.41, 5.74) is 1.01. The topological polar surface area (TPSA) is 26.3 Å². The summed E-state index contributed by atoms with van der Waals surface area (Å²) < 4.78 is 5.23. The number of rotatable bonds is 4. The van der Waals surface area contributed by atoms with E-state index in [1.54, 1.807) is 25.8 Å². The lowest BCUT2D eigenvalue weighted by molar-refractivity contribution is -0.116. The second-order valence-corrected chi connectivity index (χ2v) is 3.92. The average Bonchev–Trinajstić information content (AvgIpc) is 2.16. The van der Waals surface area contributed by atoms with Crippen molar-refractivity contribution in [3.05, 3.63) is 23.8 Å². The fourth-order valence-electron chi connectivity index (χ4n) is 1.28. The summed E-state index contributed by atoms with van der Waals surface area (Å²) in [7, 11) is 1.65. The minimum atomic E-state index is 0.170. The Hall–Kier alpha value is -0.960. The summed E-state index contributed by atoms with van der Waals surface area (Å²) in [4.78, 5) is 12.0. The zero-order valence-corrected chi connectivity index (χ0v) is 9.48. The number of thioether (sulfide) groups is 1. The molecule has 1 rings (SSSR count). The molecule has 14 heavy (non-hydrogen) atoms. The highest BCUT2D eigenvalue weighted by molar-refractivity contribution is 7.98. The molecule has 0 atom stereocenters. The number of Topliss-reactive ketones (excluding diaryl/α,β-unsaturated/α-hetero) is 1. The van der Waals surface area contributed by atoms with Crippen LogP contribution in [-0.4, -0.2) is 19.1 Å². The van der Waals surface area contributed by atoms with Gasteiger partial charge in [-0.05, 0) is 30.9 Å². The lowest BCUT2D eigenvalue weighted by Crippen LogP contribution is -1.97. The normalized spacial score (nSPS) is 9.93. The van der Waals surface area contributed by atoms with Gasteiger partial charge >= 0.3 is 0 Å². The molecule has 1 aromatic carbocycles. The Kier molecular flexibility index (Phi) is 4.01. The molecule has 2 nitrogen and oxygen atoms in total. The number of hydrogen-bond donors (Lipinski definition) is 0. The van der Waals surface area contributed by atoms with E-state index in [2.05, 4.69) is 0 Å². The molecule has 0 heterocycles. The zero-order valence-electron chi connectivity index (χ0n) is 8.66. The monoisotopic (exact) mass is 210 g/mol. The van der Waals surface area contributed by atoms with Gasteiger partial charge in [-0.2, -0.15) is 0 Å². The molecule has 0 unspecified atom stereocenters. The fourth-order valence-corrected chi connectivity index (χ4v) is 1.83. The van der Waals surface area contributed by atoms with Gasteiger partial charge in [0.1, 0.15) is 11.5 Å². The van der Waals surface area contributed by atoms with Crippen molar-refractivity contribution in [1.29, 1.82) is 0 Å². The molecule has 0 amide bonds. The van der Waals surface area contributed by atoms with Gasteiger partial charge in [-0.25, -0.2) is 0 Å². The van der Waals surface area contributed by atoms with Crippen LogP contribution in [-0.2, 0) is 11.2 Å². The van der Waals surface area contributed by atoms with E-state index >= 15 is 0 Å². The van der Waals surface area contributed by atoms with Gasteiger partial charge in [-0.3, -0.25) is 4.79 Å². The molecule has 76 valence electrons. The van der Waals surface area contributed by atoms with Gasteiger partial charge in [0.15, 0.2) is 0 Å². The third-order valence-corrected chi connectivity index (χ3v) is 2.68. The third-order valence-electron chi connectivity index (χ3n) is 1.90. The van der Waals surface area contributed by atoms with Gasteiger partial charge in [0.2, 0.25) is 0 Å². The van der Waals surface area contributed by atoms with Gasteiger partial charge in [0.25, 0.3) is 0 Å². The summed E-state index contributed by atoms with van der Waals surface area (Å²) in [6.07, 6.45) is 2.48. The standard InChI is InChI=1S/C11H14O2S/c1-8(12)6-9-4-5-11(14-3)10(7-9)13-2/h4-5,7H,6H2,1-3H3. The Labute approximate surface area is 88.7 Å². The minimum absolute atomic E-state index is 0.170. The summed E-state index contributed by atoms with van der Waals surface area (Å²) in [6, 6.07) is 5.88. The van der Waals surface area contributed by atoms with Crippen LogP contribution >= 0.6 is 11.8 Å². The van der Waals surface area contributed by atoms with Crippen LogP contribution in [0.1, 0.15) is 12.5 Å². The van der Waals surface area contributed by atoms with Gasteiger partial charge in [-0.1, -0.05) is 6.07 Å². The second kappa shape index (κ2) is 5.05. The van der Waals surface area contributed by atoms with Crippen LogP contribution in [0.3, 0.4) is 0 Å². The van der Waals surface area contributed by atoms with E-state index in [-0.39, 0.29) is 5.78 Å².